The van der Waals surface area contributed by atoms with Crippen LogP contribution in [0.4, 0.5) is 0 Å². The number of nitrogens with two attached hydrogens (primary N) is 1. The smallest absolute Gasteiger partial charge is 0.0543 e. The van der Waals surface area contributed by atoms with Gasteiger partial charge >= 0.3 is 0 Å². The normalized spacial score (nSPS) is 44.1. The van der Waals surface area contributed by atoms with Gasteiger partial charge in [0.2, 0.25) is 0 Å². The number of rotatable bonds is 11. The van der Waals surface area contributed by atoms with E-state index in [1.165, 1.54) is 70.6 Å². The second-order valence-electron chi connectivity index (χ2n) is 15.2. The molecule has 3 heteroatoms. The van der Waals surface area contributed by atoms with Gasteiger partial charge in [-0.1, -0.05) is 60.8 Å². The topological polar surface area (TPSA) is 58.3 Å². The van der Waals surface area contributed by atoms with Crippen LogP contribution in [0.1, 0.15) is 125 Å². The zero-order valence-corrected chi connectivity index (χ0v) is 24.9. The number of hydrogen-bond acceptors (Lipinski definition) is 3. The van der Waals surface area contributed by atoms with Crippen molar-refractivity contribution >= 4 is 0 Å². The Bertz CT molecular complexity index is 695. The Balaban J connectivity index is 1.48. The van der Waals surface area contributed by atoms with E-state index in [2.05, 4.69) is 46.9 Å². The highest BCUT2D eigenvalue weighted by atomic mass is 16.3. The molecule has 0 heterocycles. The van der Waals surface area contributed by atoms with Gasteiger partial charge < -0.3 is 16.2 Å². The molecule has 11 atom stereocenters. The second kappa shape index (κ2) is 12.0. The van der Waals surface area contributed by atoms with Crippen molar-refractivity contribution < 1.29 is 5.11 Å². The van der Waals surface area contributed by atoms with Gasteiger partial charge in [-0.05, 0) is 135 Å². The van der Waals surface area contributed by atoms with Gasteiger partial charge in [0.15, 0.2) is 0 Å². The Morgan fingerprint density at radius 3 is 2.28 bits per heavy atom. The van der Waals surface area contributed by atoms with Gasteiger partial charge in [-0.2, -0.15) is 0 Å². The van der Waals surface area contributed by atoms with E-state index >= 15 is 0 Å². The summed E-state index contributed by atoms with van der Waals surface area (Å²) in [5.41, 5.74) is 6.84. The van der Waals surface area contributed by atoms with Crippen LogP contribution in [0.15, 0.2) is 0 Å². The SMILES string of the molecule is CC(C)CCC[C@@H](C)[C@H]1CCC2C3CC(NCCCC(C)CN)C4CC(O)CC[C@]4(C)C3CC[C@@]21C. The molecule has 0 saturated heterocycles. The van der Waals surface area contributed by atoms with Crippen LogP contribution in [0.5, 0.6) is 0 Å². The third-order valence-electron chi connectivity index (χ3n) is 12.6. The van der Waals surface area contributed by atoms with Gasteiger partial charge in [0, 0.05) is 6.04 Å². The number of nitrogens with one attached hydrogen (secondary N) is 1. The van der Waals surface area contributed by atoms with Crippen LogP contribution in [-0.4, -0.2) is 30.3 Å². The molecule has 3 nitrogen and oxygen atoms in total. The van der Waals surface area contributed by atoms with Crippen LogP contribution in [0.25, 0.3) is 0 Å². The number of fused-ring (bicyclic) bond motifs is 5. The molecule has 0 aromatic rings. The molecule has 36 heavy (non-hydrogen) atoms. The Kier molecular flexibility index (Phi) is 9.59. The van der Waals surface area contributed by atoms with Crippen molar-refractivity contribution in [1.29, 1.82) is 0 Å². The average molecular weight is 503 g/mol. The molecule has 4 saturated carbocycles. The summed E-state index contributed by atoms with van der Waals surface area (Å²) in [7, 11) is 0. The van der Waals surface area contributed by atoms with Crippen molar-refractivity contribution in [1.82, 2.24) is 5.32 Å². The maximum Gasteiger partial charge on any atom is 0.0543 e. The quantitative estimate of drug-likeness (QED) is 0.258. The van der Waals surface area contributed by atoms with E-state index in [1.54, 1.807) is 0 Å². The van der Waals surface area contributed by atoms with E-state index in [0.29, 0.717) is 28.7 Å². The van der Waals surface area contributed by atoms with Crippen molar-refractivity contribution in [3.63, 3.8) is 0 Å². The van der Waals surface area contributed by atoms with E-state index < -0.39 is 0 Å². The van der Waals surface area contributed by atoms with Crippen LogP contribution < -0.4 is 11.1 Å². The van der Waals surface area contributed by atoms with Crippen molar-refractivity contribution in [3.8, 4) is 0 Å². The lowest BCUT2D eigenvalue weighted by Gasteiger charge is -2.63. The molecule has 0 aromatic carbocycles. The molecule has 4 rings (SSSR count). The van der Waals surface area contributed by atoms with Gasteiger partial charge in [-0.3, -0.25) is 0 Å². The van der Waals surface area contributed by atoms with Crippen LogP contribution in [0.2, 0.25) is 0 Å². The summed E-state index contributed by atoms with van der Waals surface area (Å²) >= 11 is 0. The van der Waals surface area contributed by atoms with Gasteiger partial charge in [0.05, 0.1) is 6.10 Å². The Morgan fingerprint density at radius 2 is 1.56 bits per heavy atom. The van der Waals surface area contributed by atoms with E-state index in [1.807, 2.05) is 0 Å². The molecule has 0 bridgehead atoms. The predicted molar refractivity (Wildman–Crippen MR) is 154 cm³/mol. The minimum absolute atomic E-state index is 0.0856. The Hall–Kier alpha value is -0.120. The summed E-state index contributed by atoms with van der Waals surface area (Å²) in [6.45, 7) is 16.9. The average Bonchev–Trinajstić information content (AvgIpc) is 3.19. The molecule has 0 aromatic heterocycles. The third-order valence-corrected chi connectivity index (χ3v) is 12.6. The van der Waals surface area contributed by atoms with Crippen LogP contribution in [0.3, 0.4) is 0 Å². The molecular formula is C33H62N2O. The first-order chi connectivity index (χ1) is 17.1. The van der Waals surface area contributed by atoms with Crippen molar-refractivity contribution in [2.75, 3.05) is 13.1 Å². The minimum atomic E-state index is -0.0856. The molecule has 0 spiro atoms. The highest BCUT2D eigenvalue weighted by Crippen LogP contribution is 2.68. The molecule has 4 aliphatic rings. The Morgan fingerprint density at radius 1 is 0.833 bits per heavy atom. The monoisotopic (exact) mass is 502 g/mol. The van der Waals surface area contributed by atoms with E-state index in [4.69, 9.17) is 5.73 Å². The molecule has 0 aliphatic heterocycles. The van der Waals surface area contributed by atoms with E-state index in [9.17, 15) is 5.11 Å². The molecule has 210 valence electrons. The molecule has 7 unspecified atom stereocenters. The minimum Gasteiger partial charge on any atom is -0.393 e. The van der Waals surface area contributed by atoms with E-state index in [-0.39, 0.29) is 6.10 Å². The van der Waals surface area contributed by atoms with Gasteiger partial charge in [-0.25, -0.2) is 0 Å². The Labute approximate surface area is 224 Å². The summed E-state index contributed by atoms with van der Waals surface area (Å²) in [6.07, 6.45) is 17.1. The standard InChI is InChI=1S/C33H62N2O/c1-22(2)9-7-11-24(4)27-12-13-28-26-20-31(35-18-8-10-23(3)21-34)30-19-25(36)14-16-33(30,6)29(26)15-17-32(27,28)5/h22-31,35-36H,7-21,34H2,1-6H3/t23?,24-,25?,26?,27-,28?,29?,30?,31?,32-,33-/m1/s1. The van der Waals surface area contributed by atoms with Crippen molar-refractivity contribution in [2.24, 2.45) is 63.9 Å². The maximum absolute atomic E-state index is 10.7. The molecule has 4 aliphatic carbocycles. The number of hydrogen-bond donors (Lipinski definition) is 3. The lowest BCUT2D eigenvalue weighted by molar-refractivity contribution is -0.141. The maximum atomic E-state index is 10.7. The van der Waals surface area contributed by atoms with Crippen LogP contribution in [-0.2, 0) is 0 Å². The summed E-state index contributed by atoms with van der Waals surface area (Å²) in [6, 6.07) is 0.587. The van der Waals surface area contributed by atoms with Gasteiger partial charge in [0.1, 0.15) is 0 Å². The van der Waals surface area contributed by atoms with Crippen molar-refractivity contribution in [2.45, 2.75) is 137 Å². The highest BCUT2D eigenvalue weighted by Gasteiger charge is 2.62. The molecule has 4 N–H and O–H groups in total. The van der Waals surface area contributed by atoms with Gasteiger partial charge in [0.25, 0.3) is 0 Å². The van der Waals surface area contributed by atoms with E-state index in [0.717, 1.165) is 61.4 Å². The van der Waals surface area contributed by atoms with Crippen LogP contribution in [0, 0.1) is 58.2 Å². The second-order valence-corrected chi connectivity index (χ2v) is 15.2. The zero-order chi connectivity index (χ0) is 26.1. The lowest BCUT2D eigenvalue weighted by Crippen LogP contribution is -2.61. The van der Waals surface area contributed by atoms with Crippen molar-refractivity contribution in [3.05, 3.63) is 0 Å². The number of aliphatic hydroxyl groups excluding tert-OH is 1. The first-order valence-corrected chi connectivity index (χ1v) is 16.2. The summed E-state index contributed by atoms with van der Waals surface area (Å²) in [5, 5.41) is 14.8. The molecule has 4 fully saturated rings. The molecule has 0 radical (unpaired) electrons. The lowest BCUT2D eigenvalue weighted by atomic mass is 9.43. The zero-order valence-electron chi connectivity index (χ0n) is 24.9. The van der Waals surface area contributed by atoms with Crippen LogP contribution >= 0.6 is 0 Å². The third kappa shape index (κ3) is 5.74. The summed E-state index contributed by atoms with van der Waals surface area (Å²) in [5.74, 6) is 6.59. The fourth-order valence-electron chi connectivity index (χ4n) is 10.4. The summed E-state index contributed by atoms with van der Waals surface area (Å²) in [4.78, 5) is 0. The number of aliphatic hydroxyl groups is 1. The fourth-order valence-corrected chi connectivity index (χ4v) is 10.4. The predicted octanol–water partition coefficient (Wildman–Crippen LogP) is 7.41. The highest BCUT2D eigenvalue weighted by molar-refractivity contribution is 5.12. The molecule has 0 amide bonds. The molecular weight excluding hydrogens is 440 g/mol. The first-order valence-electron chi connectivity index (χ1n) is 16.2. The van der Waals surface area contributed by atoms with Gasteiger partial charge in [-0.15, -0.1) is 0 Å². The fraction of sp³-hybridized carbons (Fsp3) is 1.00. The first kappa shape index (κ1) is 28.9. The summed E-state index contributed by atoms with van der Waals surface area (Å²) < 4.78 is 0. The largest absolute Gasteiger partial charge is 0.393 e.